The minimum absolute atomic E-state index is 0.0588. The Bertz CT molecular complexity index is 432. The molecule has 2 rings (SSSR count). The smallest absolute Gasteiger partial charge is 0.311 e. The largest absolute Gasteiger partial charge is 0.384 e. The molecule has 7 nitrogen and oxygen atoms in total. The van der Waals surface area contributed by atoms with Gasteiger partial charge >= 0.3 is 5.69 Å². The van der Waals surface area contributed by atoms with Crippen molar-refractivity contribution < 1.29 is 9.66 Å². The van der Waals surface area contributed by atoms with Crippen LogP contribution in [0.2, 0.25) is 0 Å². The van der Waals surface area contributed by atoms with Crippen LogP contribution in [0.1, 0.15) is 19.3 Å². The highest BCUT2D eigenvalue weighted by Gasteiger charge is 2.17. The number of aromatic nitrogens is 1. The summed E-state index contributed by atoms with van der Waals surface area (Å²) in [6, 6.07) is 2.78. The summed E-state index contributed by atoms with van der Waals surface area (Å²) in [5, 5.41) is 13.8. The van der Waals surface area contributed by atoms with Crippen molar-refractivity contribution in [1.82, 2.24) is 4.98 Å². The third-order valence-corrected chi connectivity index (χ3v) is 2.87. The van der Waals surface area contributed by atoms with Crippen molar-refractivity contribution in [3.05, 3.63) is 22.2 Å². The van der Waals surface area contributed by atoms with Gasteiger partial charge in [-0.2, -0.15) is 0 Å². The van der Waals surface area contributed by atoms with E-state index in [9.17, 15) is 10.1 Å². The van der Waals surface area contributed by atoms with Crippen molar-refractivity contribution in [2.45, 2.75) is 25.4 Å². The average Bonchev–Trinajstić information content (AvgIpc) is 2.82. The lowest BCUT2D eigenvalue weighted by Crippen LogP contribution is -2.14. The first-order chi connectivity index (χ1) is 8.66. The lowest BCUT2D eigenvalue weighted by atomic mass is 10.2. The molecule has 1 atom stereocenters. The number of nitrogens with one attached hydrogen (secondary N) is 1. The Kier molecular flexibility index (Phi) is 3.93. The Morgan fingerprint density at radius 3 is 3.11 bits per heavy atom. The number of nitrogen functional groups attached to an aromatic ring is 1. The van der Waals surface area contributed by atoms with Crippen molar-refractivity contribution in [3.8, 4) is 0 Å². The molecule has 7 heteroatoms. The number of pyridine rings is 1. The van der Waals surface area contributed by atoms with Crippen molar-refractivity contribution >= 4 is 17.3 Å². The van der Waals surface area contributed by atoms with E-state index in [0.29, 0.717) is 6.54 Å². The predicted octanol–water partition coefficient (Wildman–Crippen LogP) is 1.55. The molecule has 1 aromatic rings. The van der Waals surface area contributed by atoms with Gasteiger partial charge in [0.1, 0.15) is 5.82 Å². The number of nitro groups is 1. The van der Waals surface area contributed by atoms with Gasteiger partial charge in [-0.1, -0.05) is 0 Å². The molecule has 0 spiro atoms. The van der Waals surface area contributed by atoms with Crippen LogP contribution < -0.4 is 11.1 Å². The van der Waals surface area contributed by atoms with E-state index in [1.54, 1.807) is 0 Å². The number of hydrogen-bond donors (Lipinski definition) is 2. The molecule has 98 valence electrons. The fourth-order valence-corrected chi connectivity index (χ4v) is 1.97. The summed E-state index contributed by atoms with van der Waals surface area (Å²) in [6.45, 7) is 1.39. The van der Waals surface area contributed by atoms with Gasteiger partial charge in [-0.05, 0) is 25.3 Å². The van der Waals surface area contributed by atoms with E-state index >= 15 is 0 Å². The van der Waals surface area contributed by atoms with Gasteiger partial charge in [0, 0.05) is 19.2 Å². The molecule has 3 N–H and O–H groups in total. The number of ether oxygens (including phenoxy) is 1. The second kappa shape index (κ2) is 5.63. The van der Waals surface area contributed by atoms with Gasteiger partial charge in [0.05, 0.1) is 11.0 Å². The second-order valence-electron chi connectivity index (χ2n) is 4.21. The summed E-state index contributed by atoms with van der Waals surface area (Å²) in [5.41, 5.74) is 5.46. The molecule has 1 saturated heterocycles. The lowest BCUT2D eigenvalue weighted by Gasteiger charge is -2.10. The maximum atomic E-state index is 10.8. The molecule has 18 heavy (non-hydrogen) atoms. The summed E-state index contributed by atoms with van der Waals surface area (Å²) >= 11 is 0. The van der Waals surface area contributed by atoms with Crippen molar-refractivity contribution in [2.75, 3.05) is 24.2 Å². The first-order valence-corrected chi connectivity index (χ1v) is 5.93. The van der Waals surface area contributed by atoms with Crippen molar-refractivity contribution in [2.24, 2.45) is 0 Å². The van der Waals surface area contributed by atoms with Crippen LogP contribution in [-0.2, 0) is 4.74 Å². The highest BCUT2D eigenvalue weighted by atomic mass is 16.6. The summed E-state index contributed by atoms with van der Waals surface area (Å²) in [5.74, 6) is 0.484. The first kappa shape index (κ1) is 12.6. The van der Waals surface area contributed by atoms with Crippen molar-refractivity contribution in [3.63, 3.8) is 0 Å². The highest BCUT2D eigenvalue weighted by molar-refractivity contribution is 5.59. The first-order valence-electron chi connectivity index (χ1n) is 5.93. The van der Waals surface area contributed by atoms with Crippen LogP contribution in [-0.4, -0.2) is 29.2 Å². The molecule has 0 radical (unpaired) electrons. The predicted molar refractivity (Wildman–Crippen MR) is 67.4 cm³/mol. The van der Waals surface area contributed by atoms with Crippen LogP contribution in [0.3, 0.4) is 0 Å². The Morgan fingerprint density at radius 1 is 1.61 bits per heavy atom. The summed E-state index contributed by atoms with van der Waals surface area (Å²) in [4.78, 5) is 14.3. The molecule has 0 saturated carbocycles. The van der Waals surface area contributed by atoms with Gasteiger partial charge in [0.15, 0.2) is 0 Å². The number of hydrogen-bond acceptors (Lipinski definition) is 6. The monoisotopic (exact) mass is 252 g/mol. The number of rotatable bonds is 5. The fourth-order valence-electron chi connectivity index (χ4n) is 1.97. The number of anilines is 2. The van der Waals surface area contributed by atoms with Crippen LogP contribution in [0.5, 0.6) is 0 Å². The maximum absolute atomic E-state index is 10.8. The molecule has 1 aromatic heterocycles. The Hall–Kier alpha value is -1.89. The summed E-state index contributed by atoms with van der Waals surface area (Å²) < 4.78 is 5.47. The van der Waals surface area contributed by atoms with Crippen LogP contribution in [0.25, 0.3) is 0 Å². The molecule has 1 aliphatic rings. The van der Waals surface area contributed by atoms with Crippen LogP contribution in [0.4, 0.5) is 17.3 Å². The van der Waals surface area contributed by atoms with E-state index in [1.165, 1.54) is 12.1 Å². The summed E-state index contributed by atoms with van der Waals surface area (Å²) in [6.07, 6.45) is 3.20. The molecule has 0 amide bonds. The zero-order chi connectivity index (χ0) is 13.0. The van der Waals surface area contributed by atoms with E-state index in [-0.39, 0.29) is 23.4 Å². The topological polar surface area (TPSA) is 103 Å². The van der Waals surface area contributed by atoms with Gasteiger partial charge in [0.2, 0.25) is 5.82 Å². The number of nitrogens with two attached hydrogens (primary N) is 1. The molecule has 1 unspecified atom stereocenters. The van der Waals surface area contributed by atoms with Gasteiger partial charge in [-0.25, -0.2) is 4.98 Å². The summed E-state index contributed by atoms with van der Waals surface area (Å²) in [7, 11) is 0. The molecular weight excluding hydrogens is 236 g/mol. The zero-order valence-corrected chi connectivity index (χ0v) is 9.96. The SMILES string of the molecule is Nc1ccc([N+](=O)[O-])c(NCCC2CCCO2)n1. The van der Waals surface area contributed by atoms with Gasteiger partial charge in [0.25, 0.3) is 0 Å². The fraction of sp³-hybridized carbons (Fsp3) is 0.545. The van der Waals surface area contributed by atoms with E-state index in [1.807, 2.05) is 0 Å². The maximum Gasteiger partial charge on any atom is 0.311 e. The minimum Gasteiger partial charge on any atom is -0.384 e. The number of nitrogens with zero attached hydrogens (tertiary/aromatic N) is 2. The minimum atomic E-state index is -0.471. The van der Waals surface area contributed by atoms with Gasteiger partial charge in [-0.3, -0.25) is 10.1 Å². The highest BCUT2D eigenvalue weighted by Crippen LogP contribution is 2.23. The van der Waals surface area contributed by atoms with Crippen LogP contribution in [0, 0.1) is 10.1 Å². The molecule has 0 bridgehead atoms. The standard InChI is InChI=1S/C11H16N4O3/c12-10-4-3-9(15(16)17)11(14-10)13-6-5-8-2-1-7-18-8/h3-4,8H,1-2,5-7H2,(H3,12,13,14). The van der Waals surface area contributed by atoms with E-state index in [0.717, 1.165) is 25.9 Å². The molecule has 0 aromatic carbocycles. The third-order valence-electron chi connectivity index (χ3n) is 2.87. The Balaban J connectivity index is 1.94. The average molecular weight is 252 g/mol. The molecule has 0 aliphatic carbocycles. The van der Waals surface area contributed by atoms with Crippen LogP contribution >= 0.6 is 0 Å². The quantitative estimate of drug-likeness (QED) is 0.608. The molecule has 2 heterocycles. The van der Waals surface area contributed by atoms with Gasteiger partial charge < -0.3 is 15.8 Å². The van der Waals surface area contributed by atoms with Gasteiger partial charge in [-0.15, -0.1) is 0 Å². The van der Waals surface area contributed by atoms with Crippen molar-refractivity contribution in [1.29, 1.82) is 0 Å². The molecular formula is C11H16N4O3. The van der Waals surface area contributed by atoms with E-state index in [4.69, 9.17) is 10.5 Å². The van der Waals surface area contributed by atoms with Crippen LogP contribution in [0.15, 0.2) is 12.1 Å². The third kappa shape index (κ3) is 3.07. The molecule has 1 fully saturated rings. The Labute approximate surface area is 104 Å². The zero-order valence-electron chi connectivity index (χ0n) is 9.96. The normalized spacial score (nSPS) is 18.8. The Morgan fingerprint density at radius 2 is 2.44 bits per heavy atom. The van der Waals surface area contributed by atoms with E-state index < -0.39 is 4.92 Å². The lowest BCUT2D eigenvalue weighted by molar-refractivity contribution is -0.384. The second-order valence-corrected chi connectivity index (χ2v) is 4.21. The molecule has 1 aliphatic heterocycles. The van der Waals surface area contributed by atoms with E-state index in [2.05, 4.69) is 10.3 Å².